The zero-order chi connectivity index (χ0) is 13.2. The maximum atomic E-state index is 6.17. The minimum absolute atomic E-state index is 0.592. The van der Waals surface area contributed by atoms with Crippen LogP contribution in [0.15, 0.2) is 47.8 Å². The zero-order valence-electron chi connectivity index (χ0n) is 9.99. The van der Waals surface area contributed by atoms with Crippen molar-refractivity contribution >= 4 is 50.3 Å². The summed E-state index contributed by atoms with van der Waals surface area (Å²) in [5.41, 5.74) is 2.08. The molecule has 0 fully saturated rings. The van der Waals surface area contributed by atoms with Crippen LogP contribution in [-0.4, -0.2) is 0 Å². The number of hydrogen-bond donors (Lipinski definition) is 1. The number of halogens is 2. The van der Waals surface area contributed by atoms with Crippen molar-refractivity contribution in [1.82, 2.24) is 0 Å². The van der Waals surface area contributed by atoms with Gasteiger partial charge in [0.2, 0.25) is 0 Å². The average Bonchev–Trinajstić information content (AvgIpc) is 2.88. The third-order valence-electron chi connectivity index (χ3n) is 2.97. The molecular formula is C15H11Cl2NS. The summed E-state index contributed by atoms with van der Waals surface area (Å²) in [6.45, 7) is 0.662. The Labute approximate surface area is 125 Å². The smallest absolute Gasteiger partial charge is 0.0642 e. The monoisotopic (exact) mass is 307 g/mol. The van der Waals surface area contributed by atoms with E-state index >= 15 is 0 Å². The van der Waals surface area contributed by atoms with Gasteiger partial charge in [-0.05, 0) is 46.7 Å². The highest BCUT2D eigenvalue weighted by Gasteiger charge is 2.04. The molecule has 0 aliphatic rings. The Morgan fingerprint density at radius 2 is 1.95 bits per heavy atom. The lowest BCUT2D eigenvalue weighted by atomic mass is 10.2. The number of nitrogens with one attached hydrogen (secondary N) is 1. The highest BCUT2D eigenvalue weighted by atomic mass is 35.5. The summed E-state index contributed by atoms with van der Waals surface area (Å²) in [5, 5.41) is 7.94. The van der Waals surface area contributed by atoms with Crippen molar-refractivity contribution in [2.45, 2.75) is 6.54 Å². The van der Waals surface area contributed by atoms with E-state index in [0.29, 0.717) is 16.6 Å². The molecule has 0 atom stereocenters. The van der Waals surface area contributed by atoms with Gasteiger partial charge in [0, 0.05) is 16.9 Å². The van der Waals surface area contributed by atoms with Crippen molar-refractivity contribution in [3.8, 4) is 0 Å². The summed E-state index contributed by atoms with van der Waals surface area (Å²) in [5.74, 6) is 0. The first-order valence-electron chi connectivity index (χ1n) is 5.88. The molecule has 0 unspecified atom stereocenters. The molecule has 1 heterocycles. The highest BCUT2D eigenvalue weighted by Crippen LogP contribution is 2.27. The van der Waals surface area contributed by atoms with Crippen LogP contribution in [0, 0.1) is 0 Å². The van der Waals surface area contributed by atoms with E-state index in [4.69, 9.17) is 23.2 Å². The van der Waals surface area contributed by atoms with Crippen molar-refractivity contribution in [2.24, 2.45) is 0 Å². The standard InChI is InChI=1S/C15H11Cl2NS/c16-13-3-1-2-11(15(13)17)9-18-12-4-5-14-10(8-12)6-7-19-14/h1-8,18H,9H2. The minimum atomic E-state index is 0.592. The molecule has 0 radical (unpaired) electrons. The number of hydrogen-bond acceptors (Lipinski definition) is 2. The van der Waals surface area contributed by atoms with Gasteiger partial charge in [-0.1, -0.05) is 35.3 Å². The Morgan fingerprint density at radius 3 is 2.84 bits per heavy atom. The van der Waals surface area contributed by atoms with Crippen LogP contribution in [0.4, 0.5) is 5.69 Å². The fourth-order valence-corrected chi connectivity index (χ4v) is 3.12. The van der Waals surface area contributed by atoms with Gasteiger partial charge in [0.15, 0.2) is 0 Å². The maximum absolute atomic E-state index is 6.17. The van der Waals surface area contributed by atoms with Crippen LogP contribution in [-0.2, 0) is 6.54 Å². The van der Waals surface area contributed by atoms with Crippen LogP contribution in [0.3, 0.4) is 0 Å². The van der Waals surface area contributed by atoms with Gasteiger partial charge in [0.1, 0.15) is 0 Å². The number of anilines is 1. The molecule has 0 amide bonds. The highest BCUT2D eigenvalue weighted by molar-refractivity contribution is 7.17. The van der Waals surface area contributed by atoms with Gasteiger partial charge in [0.25, 0.3) is 0 Å². The lowest BCUT2D eigenvalue weighted by Crippen LogP contribution is -1.99. The molecule has 1 N–H and O–H groups in total. The van der Waals surface area contributed by atoms with E-state index in [2.05, 4.69) is 35.0 Å². The van der Waals surface area contributed by atoms with Gasteiger partial charge in [-0.3, -0.25) is 0 Å². The summed E-state index contributed by atoms with van der Waals surface area (Å²) >= 11 is 13.9. The van der Waals surface area contributed by atoms with Crippen LogP contribution in [0.1, 0.15) is 5.56 Å². The van der Waals surface area contributed by atoms with Gasteiger partial charge in [0.05, 0.1) is 10.0 Å². The molecule has 0 saturated carbocycles. The van der Waals surface area contributed by atoms with E-state index in [1.807, 2.05) is 12.1 Å². The second kappa shape index (κ2) is 5.41. The first kappa shape index (κ1) is 12.8. The third-order valence-corrected chi connectivity index (χ3v) is 4.72. The molecule has 1 nitrogen and oxygen atoms in total. The van der Waals surface area contributed by atoms with Gasteiger partial charge in [-0.15, -0.1) is 11.3 Å². The molecule has 0 bridgehead atoms. The Morgan fingerprint density at radius 1 is 1.05 bits per heavy atom. The average molecular weight is 308 g/mol. The molecule has 0 spiro atoms. The van der Waals surface area contributed by atoms with Gasteiger partial charge in [-0.25, -0.2) is 0 Å². The molecule has 0 saturated heterocycles. The predicted octanol–water partition coefficient (Wildman–Crippen LogP) is 5.82. The molecule has 3 aromatic rings. The number of rotatable bonds is 3. The Hall–Kier alpha value is -1.22. The Bertz CT molecular complexity index is 721. The molecule has 4 heteroatoms. The fraction of sp³-hybridized carbons (Fsp3) is 0.0667. The number of benzene rings is 2. The molecule has 96 valence electrons. The van der Waals surface area contributed by atoms with Crippen LogP contribution in [0.2, 0.25) is 10.0 Å². The number of fused-ring (bicyclic) bond motifs is 1. The summed E-state index contributed by atoms with van der Waals surface area (Å²) in [7, 11) is 0. The van der Waals surface area contributed by atoms with E-state index in [9.17, 15) is 0 Å². The predicted molar refractivity (Wildman–Crippen MR) is 85.6 cm³/mol. The van der Waals surface area contributed by atoms with Gasteiger partial charge >= 0.3 is 0 Å². The third kappa shape index (κ3) is 2.71. The second-order valence-electron chi connectivity index (χ2n) is 4.24. The molecule has 0 aliphatic heterocycles. The normalized spacial score (nSPS) is 10.8. The quantitative estimate of drug-likeness (QED) is 0.643. The van der Waals surface area contributed by atoms with E-state index in [1.54, 1.807) is 17.4 Å². The summed E-state index contributed by atoms with van der Waals surface area (Å²) < 4.78 is 1.30. The van der Waals surface area contributed by atoms with Crippen molar-refractivity contribution < 1.29 is 0 Å². The van der Waals surface area contributed by atoms with Gasteiger partial charge < -0.3 is 5.32 Å². The zero-order valence-corrected chi connectivity index (χ0v) is 12.3. The number of thiophene rings is 1. The summed E-state index contributed by atoms with van der Waals surface area (Å²) in [4.78, 5) is 0. The lowest BCUT2D eigenvalue weighted by Gasteiger charge is -2.09. The Balaban J connectivity index is 1.80. The van der Waals surface area contributed by atoms with E-state index in [1.165, 1.54) is 10.1 Å². The molecule has 2 aromatic carbocycles. The van der Waals surface area contributed by atoms with Crippen LogP contribution in [0.5, 0.6) is 0 Å². The minimum Gasteiger partial charge on any atom is -0.381 e. The molecule has 1 aromatic heterocycles. The van der Waals surface area contributed by atoms with E-state index in [0.717, 1.165) is 11.3 Å². The molecule has 19 heavy (non-hydrogen) atoms. The van der Waals surface area contributed by atoms with Crippen LogP contribution >= 0.6 is 34.5 Å². The first-order chi connectivity index (χ1) is 9.24. The van der Waals surface area contributed by atoms with Crippen molar-refractivity contribution in [1.29, 1.82) is 0 Å². The lowest BCUT2D eigenvalue weighted by molar-refractivity contribution is 1.15. The largest absolute Gasteiger partial charge is 0.381 e. The summed E-state index contributed by atoms with van der Waals surface area (Å²) in [6, 6.07) is 14.2. The first-order valence-corrected chi connectivity index (χ1v) is 7.51. The van der Waals surface area contributed by atoms with E-state index in [-0.39, 0.29) is 0 Å². The topological polar surface area (TPSA) is 12.0 Å². The molecular weight excluding hydrogens is 297 g/mol. The SMILES string of the molecule is Clc1cccc(CNc2ccc3sccc3c2)c1Cl. The molecule has 0 aliphatic carbocycles. The molecule has 3 rings (SSSR count). The fourth-order valence-electron chi connectivity index (χ4n) is 1.96. The Kier molecular flexibility index (Phi) is 3.65. The van der Waals surface area contributed by atoms with Crippen molar-refractivity contribution in [2.75, 3.05) is 5.32 Å². The van der Waals surface area contributed by atoms with Crippen molar-refractivity contribution in [3.05, 3.63) is 63.5 Å². The second-order valence-corrected chi connectivity index (χ2v) is 5.97. The van der Waals surface area contributed by atoms with Gasteiger partial charge in [-0.2, -0.15) is 0 Å². The van der Waals surface area contributed by atoms with E-state index < -0.39 is 0 Å². The summed E-state index contributed by atoms with van der Waals surface area (Å²) in [6.07, 6.45) is 0. The van der Waals surface area contributed by atoms with Crippen LogP contribution < -0.4 is 5.32 Å². The van der Waals surface area contributed by atoms with Crippen molar-refractivity contribution in [3.63, 3.8) is 0 Å². The maximum Gasteiger partial charge on any atom is 0.0642 e. The van der Waals surface area contributed by atoms with Crippen LogP contribution in [0.25, 0.3) is 10.1 Å².